The number of ether oxygens (including phenoxy) is 2. The van der Waals surface area contributed by atoms with Crippen molar-refractivity contribution in [3.8, 4) is 11.5 Å². The molecular weight excluding hydrogens is 447 g/mol. The van der Waals surface area contributed by atoms with Crippen molar-refractivity contribution in [1.29, 1.82) is 0 Å². The van der Waals surface area contributed by atoms with Crippen LogP contribution < -0.4 is 9.47 Å². The summed E-state index contributed by atoms with van der Waals surface area (Å²) in [4.78, 5) is 12.6. The Labute approximate surface area is 174 Å². The minimum absolute atomic E-state index is 0.0299. The predicted molar refractivity (Wildman–Crippen MR) is 109 cm³/mol. The Hall–Kier alpha value is -2.63. The first kappa shape index (κ1) is 18.7. The van der Waals surface area contributed by atoms with Gasteiger partial charge in [0, 0.05) is 16.1 Å². The van der Waals surface area contributed by atoms with Gasteiger partial charge >= 0.3 is 0 Å². The Bertz CT molecular complexity index is 1090. The summed E-state index contributed by atoms with van der Waals surface area (Å²) in [5, 5.41) is 0.297. The number of fused-ring (bicyclic) bond motifs is 1. The topological polar surface area (TPSA) is 35.5 Å². The molecule has 0 bridgehead atoms. The summed E-state index contributed by atoms with van der Waals surface area (Å²) in [6.07, 6.45) is 1.69. The number of ketones is 1. The van der Waals surface area contributed by atoms with Crippen molar-refractivity contribution in [3.63, 3.8) is 0 Å². The first-order valence-electron chi connectivity index (χ1n) is 8.41. The molecule has 0 amide bonds. The molecule has 3 aromatic rings. The molecule has 0 N–H and O–H groups in total. The van der Waals surface area contributed by atoms with Gasteiger partial charge in [-0.1, -0.05) is 51.8 Å². The molecule has 0 spiro atoms. The van der Waals surface area contributed by atoms with Crippen molar-refractivity contribution in [2.24, 2.45) is 0 Å². The second kappa shape index (κ2) is 7.78. The molecule has 28 heavy (non-hydrogen) atoms. The number of rotatable bonds is 4. The predicted octanol–water partition coefficient (Wildman–Crippen LogP) is 6.44. The average Bonchev–Trinajstić information content (AvgIpc) is 2.98. The van der Waals surface area contributed by atoms with Gasteiger partial charge in [0.2, 0.25) is 5.78 Å². The van der Waals surface area contributed by atoms with E-state index in [1.807, 2.05) is 24.3 Å². The molecule has 1 heterocycles. The third-order valence-corrected chi connectivity index (χ3v) is 5.35. The lowest BCUT2D eigenvalue weighted by molar-refractivity contribution is 0.101. The summed E-state index contributed by atoms with van der Waals surface area (Å²) in [6, 6.07) is 16.9. The molecule has 0 radical (unpaired) electrons. The van der Waals surface area contributed by atoms with Crippen LogP contribution in [0.3, 0.4) is 0 Å². The van der Waals surface area contributed by atoms with Crippen molar-refractivity contribution >= 4 is 39.4 Å². The molecule has 3 nitrogen and oxygen atoms in total. The summed E-state index contributed by atoms with van der Waals surface area (Å²) >= 11 is 9.47. The Kier molecular flexibility index (Phi) is 5.20. The zero-order valence-electron chi connectivity index (χ0n) is 14.4. The van der Waals surface area contributed by atoms with Crippen LogP contribution in [0.4, 0.5) is 4.39 Å². The number of carbonyl (C=O) groups excluding carboxylic acids is 1. The van der Waals surface area contributed by atoms with E-state index in [1.165, 1.54) is 12.1 Å². The van der Waals surface area contributed by atoms with Gasteiger partial charge in [-0.15, -0.1) is 0 Å². The van der Waals surface area contributed by atoms with E-state index < -0.39 is 5.82 Å². The van der Waals surface area contributed by atoms with Crippen LogP contribution in [-0.2, 0) is 6.61 Å². The number of carbonyl (C=O) groups is 1. The highest BCUT2D eigenvalue weighted by molar-refractivity contribution is 9.10. The van der Waals surface area contributed by atoms with E-state index in [2.05, 4.69) is 15.9 Å². The molecule has 0 saturated heterocycles. The maximum Gasteiger partial charge on any atom is 0.231 e. The van der Waals surface area contributed by atoms with Crippen LogP contribution in [-0.4, -0.2) is 5.78 Å². The number of halogens is 3. The molecule has 0 fully saturated rings. The van der Waals surface area contributed by atoms with E-state index in [-0.39, 0.29) is 23.7 Å². The molecule has 0 unspecified atom stereocenters. The van der Waals surface area contributed by atoms with Gasteiger partial charge in [0.05, 0.1) is 10.6 Å². The minimum Gasteiger partial charge on any atom is -0.489 e. The van der Waals surface area contributed by atoms with Gasteiger partial charge in [0.25, 0.3) is 0 Å². The minimum atomic E-state index is -0.432. The monoisotopic (exact) mass is 458 g/mol. The normalized spacial score (nSPS) is 14.1. The second-order valence-corrected chi connectivity index (χ2v) is 7.37. The molecule has 1 aliphatic rings. The molecule has 6 heteroatoms. The van der Waals surface area contributed by atoms with E-state index in [0.29, 0.717) is 22.1 Å². The lowest BCUT2D eigenvalue weighted by Crippen LogP contribution is -1.99. The van der Waals surface area contributed by atoms with Gasteiger partial charge in [-0.2, -0.15) is 0 Å². The number of hydrogen-bond donors (Lipinski definition) is 0. The zero-order valence-corrected chi connectivity index (χ0v) is 16.8. The van der Waals surface area contributed by atoms with Crippen LogP contribution in [0, 0.1) is 5.82 Å². The molecule has 0 atom stereocenters. The van der Waals surface area contributed by atoms with Crippen molar-refractivity contribution in [2.45, 2.75) is 6.61 Å². The van der Waals surface area contributed by atoms with Crippen LogP contribution in [0.2, 0.25) is 5.02 Å². The zero-order chi connectivity index (χ0) is 19.7. The largest absolute Gasteiger partial charge is 0.489 e. The van der Waals surface area contributed by atoms with Crippen LogP contribution in [0.25, 0.3) is 6.08 Å². The van der Waals surface area contributed by atoms with Crippen molar-refractivity contribution < 1.29 is 18.7 Å². The summed E-state index contributed by atoms with van der Waals surface area (Å²) in [6.45, 7) is -0.0299. The van der Waals surface area contributed by atoms with Crippen molar-refractivity contribution in [2.75, 3.05) is 0 Å². The maximum atomic E-state index is 13.9. The second-order valence-electron chi connectivity index (χ2n) is 6.11. The summed E-state index contributed by atoms with van der Waals surface area (Å²) in [5.41, 5.74) is 1.56. The van der Waals surface area contributed by atoms with E-state index in [4.69, 9.17) is 21.1 Å². The van der Waals surface area contributed by atoms with Crippen molar-refractivity contribution in [1.82, 2.24) is 0 Å². The molecule has 0 aliphatic carbocycles. The first-order valence-corrected chi connectivity index (χ1v) is 9.58. The first-order chi connectivity index (χ1) is 13.5. The molecule has 0 saturated carbocycles. The number of allylic oxidation sites excluding steroid dienone is 1. The number of Topliss-reactive ketones (excluding diaryl/α,β-unsaturated/α-hetero) is 1. The SMILES string of the molecule is O=C1/C(=C/c2ccccc2Br)Oc2cc(OCc3c(F)cccc3Cl)ccc21. The third kappa shape index (κ3) is 3.68. The van der Waals surface area contributed by atoms with Crippen LogP contribution >= 0.6 is 27.5 Å². The van der Waals surface area contributed by atoms with Crippen LogP contribution in [0.5, 0.6) is 11.5 Å². The molecule has 3 aromatic carbocycles. The smallest absolute Gasteiger partial charge is 0.231 e. The lowest BCUT2D eigenvalue weighted by atomic mass is 10.1. The average molecular weight is 460 g/mol. The summed E-state index contributed by atoms with van der Waals surface area (Å²) in [7, 11) is 0. The van der Waals surface area contributed by atoms with Crippen LogP contribution in [0.15, 0.2) is 70.9 Å². The molecular formula is C22H13BrClFO3. The quantitative estimate of drug-likeness (QED) is 0.421. The van der Waals surface area contributed by atoms with Gasteiger partial charge in [-0.05, 0) is 42.0 Å². The highest BCUT2D eigenvalue weighted by Gasteiger charge is 2.28. The van der Waals surface area contributed by atoms with Crippen LogP contribution in [0.1, 0.15) is 21.5 Å². The fraction of sp³-hybridized carbons (Fsp3) is 0.0455. The lowest BCUT2D eigenvalue weighted by Gasteiger charge is -2.09. The highest BCUT2D eigenvalue weighted by atomic mass is 79.9. The number of benzene rings is 3. The van der Waals surface area contributed by atoms with Gasteiger partial charge in [-0.3, -0.25) is 4.79 Å². The third-order valence-electron chi connectivity index (χ3n) is 4.28. The van der Waals surface area contributed by atoms with E-state index >= 15 is 0 Å². The van der Waals surface area contributed by atoms with E-state index in [9.17, 15) is 9.18 Å². The molecule has 4 rings (SSSR count). The van der Waals surface area contributed by atoms with Gasteiger partial charge in [0.15, 0.2) is 5.76 Å². The Morgan fingerprint density at radius 1 is 1.11 bits per heavy atom. The van der Waals surface area contributed by atoms with E-state index in [1.54, 1.807) is 30.3 Å². The van der Waals surface area contributed by atoms with Crippen molar-refractivity contribution in [3.05, 3.63) is 98.4 Å². The number of hydrogen-bond acceptors (Lipinski definition) is 3. The highest BCUT2D eigenvalue weighted by Crippen LogP contribution is 2.36. The summed E-state index contributed by atoms with van der Waals surface area (Å²) in [5.74, 6) is 0.456. The van der Waals surface area contributed by atoms with Gasteiger partial charge in [0.1, 0.15) is 23.9 Å². The Balaban J connectivity index is 1.55. The maximum absolute atomic E-state index is 13.9. The fourth-order valence-corrected chi connectivity index (χ4v) is 3.43. The standard InChI is InChI=1S/C22H13BrClFO3/c23-17-5-2-1-4-13(17)10-21-22(26)15-9-8-14(11-20(15)28-21)27-12-16-18(24)6-3-7-19(16)25/h1-11H,12H2/b21-10-. The molecule has 0 aromatic heterocycles. The summed E-state index contributed by atoms with van der Waals surface area (Å²) < 4.78 is 26.1. The van der Waals surface area contributed by atoms with Gasteiger partial charge in [-0.25, -0.2) is 4.39 Å². The molecule has 140 valence electrons. The molecule has 1 aliphatic heterocycles. The fourth-order valence-electron chi connectivity index (χ4n) is 2.82. The van der Waals surface area contributed by atoms with Gasteiger partial charge < -0.3 is 9.47 Å². The van der Waals surface area contributed by atoms with E-state index in [0.717, 1.165) is 10.0 Å². The Morgan fingerprint density at radius 2 is 1.93 bits per heavy atom. The Morgan fingerprint density at radius 3 is 2.71 bits per heavy atom.